The summed E-state index contributed by atoms with van der Waals surface area (Å²) in [6.07, 6.45) is 4.48. The zero-order valence-electron chi connectivity index (χ0n) is 10.3. The van der Waals surface area contributed by atoms with Gasteiger partial charge < -0.3 is 5.11 Å². The molecule has 17 heavy (non-hydrogen) atoms. The Morgan fingerprint density at radius 1 is 1.53 bits per heavy atom. The van der Waals surface area contributed by atoms with E-state index in [1.54, 1.807) is 11.3 Å². The van der Waals surface area contributed by atoms with Crippen LogP contribution in [0.5, 0.6) is 0 Å². The molecule has 0 unspecified atom stereocenters. The van der Waals surface area contributed by atoms with Gasteiger partial charge in [-0.3, -0.25) is 4.79 Å². The predicted octanol–water partition coefficient (Wildman–Crippen LogP) is 3.19. The van der Waals surface area contributed by atoms with Gasteiger partial charge in [-0.15, -0.1) is 0 Å². The Labute approximate surface area is 107 Å². The van der Waals surface area contributed by atoms with Crippen LogP contribution < -0.4 is 0 Å². The Morgan fingerprint density at radius 3 is 2.82 bits per heavy atom. The highest BCUT2D eigenvalue weighted by molar-refractivity contribution is 7.07. The molecule has 94 valence electrons. The minimum absolute atomic E-state index is 0.0376. The summed E-state index contributed by atoms with van der Waals surface area (Å²) in [5.74, 6) is 0.690. The van der Waals surface area contributed by atoms with Crippen molar-refractivity contribution in [2.24, 2.45) is 5.92 Å². The molecule has 1 saturated carbocycles. The minimum atomic E-state index is -1.03. The molecule has 0 amide bonds. The van der Waals surface area contributed by atoms with Gasteiger partial charge in [0, 0.05) is 6.42 Å². The first-order valence-electron chi connectivity index (χ1n) is 6.37. The van der Waals surface area contributed by atoms with Crippen molar-refractivity contribution in [3.63, 3.8) is 0 Å². The molecule has 1 N–H and O–H groups in total. The molecule has 1 heterocycles. The lowest BCUT2D eigenvalue weighted by Crippen LogP contribution is -2.42. The lowest BCUT2D eigenvalue weighted by atomic mass is 9.76. The topological polar surface area (TPSA) is 37.3 Å². The number of hydrogen-bond donors (Lipinski definition) is 1. The van der Waals surface area contributed by atoms with Crippen LogP contribution in [0.4, 0.5) is 0 Å². The van der Waals surface area contributed by atoms with E-state index in [0.29, 0.717) is 25.2 Å². The Kier molecular flexibility index (Phi) is 4.00. The van der Waals surface area contributed by atoms with Crippen LogP contribution in [-0.4, -0.2) is 16.5 Å². The average Bonchev–Trinajstić information content (AvgIpc) is 2.83. The number of rotatable bonds is 4. The molecule has 1 aromatic rings. The maximum absolute atomic E-state index is 12.1. The molecular weight excluding hydrogens is 232 g/mol. The Balaban J connectivity index is 1.86. The third kappa shape index (κ3) is 3.17. The van der Waals surface area contributed by atoms with Crippen LogP contribution in [-0.2, 0) is 11.2 Å². The molecule has 0 saturated heterocycles. The monoisotopic (exact) mass is 252 g/mol. The highest BCUT2D eigenvalue weighted by Crippen LogP contribution is 2.33. The number of aliphatic hydroxyl groups is 1. The third-order valence-corrected chi connectivity index (χ3v) is 4.57. The normalized spacial score (nSPS) is 29.2. The molecule has 2 rings (SSSR count). The van der Waals surface area contributed by atoms with Crippen molar-refractivity contribution in [1.82, 2.24) is 0 Å². The number of ketones is 1. The fraction of sp³-hybridized carbons (Fsp3) is 0.643. The van der Waals surface area contributed by atoms with Crippen molar-refractivity contribution in [3.05, 3.63) is 22.4 Å². The SMILES string of the molecule is CC1CCC(O)(C(=O)CCc2ccsc2)CC1. The molecule has 3 heteroatoms. The second-order valence-electron chi connectivity index (χ2n) is 5.27. The van der Waals surface area contributed by atoms with Crippen LogP contribution >= 0.6 is 11.3 Å². The third-order valence-electron chi connectivity index (χ3n) is 3.84. The van der Waals surface area contributed by atoms with E-state index in [4.69, 9.17) is 0 Å². The molecule has 0 radical (unpaired) electrons. The van der Waals surface area contributed by atoms with Gasteiger partial charge in [-0.2, -0.15) is 11.3 Å². The van der Waals surface area contributed by atoms with E-state index in [9.17, 15) is 9.90 Å². The Morgan fingerprint density at radius 2 is 2.24 bits per heavy atom. The molecule has 0 spiro atoms. The number of aryl methyl sites for hydroxylation is 1. The molecule has 1 aromatic heterocycles. The second-order valence-corrected chi connectivity index (χ2v) is 6.05. The summed E-state index contributed by atoms with van der Waals surface area (Å²) in [5.41, 5.74) is 0.179. The summed E-state index contributed by atoms with van der Waals surface area (Å²) in [6.45, 7) is 2.19. The zero-order chi connectivity index (χ0) is 12.3. The van der Waals surface area contributed by atoms with Crippen LogP contribution in [0.2, 0.25) is 0 Å². The van der Waals surface area contributed by atoms with E-state index in [2.05, 4.69) is 12.3 Å². The molecule has 0 atom stereocenters. The molecule has 1 aliphatic carbocycles. The quantitative estimate of drug-likeness (QED) is 0.893. The van der Waals surface area contributed by atoms with Crippen molar-refractivity contribution in [1.29, 1.82) is 0 Å². The van der Waals surface area contributed by atoms with Crippen molar-refractivity contribution >= 4 is 17.1 Å². The van der Waals surface area contributed by atoms with Crippen molar-refractivity contribution in [2.45, 2.75) is 51.0 Å². The van der Waals surface area contributed by atoms with Crippen LogP contribution in [0.1, 0.15) is 44.6 Å². The highest BCUT2D eigenvalue weighted by atomic mass is 32.1. The predicted molar refractivity (Wildman–Crippen MR) is 70.2 cm³/mol. The summed E-state index contributed by atoms with van der Waals surface area (Å²) < 4.78 is 0. The first-order valence-corrected chi connectivity index (χ1v) is 7.31. The molecule has 0 bridgehead atoms. The largest absolute Gasteiger partial charge is 0.382 e. The zero-order valence-corrected chi connectivity index (χ0v) is 11.1. The van der Waals surface area contributed by atoms with Crippen LogP contribution in [0.3, 0.4) is 0 Å². The van der Waals surface area contributed by atoms with E-state index < -0.39 is 5.60 Å². The minimum Gasteiger partial charge on any atom is -0.382 e. The second kappa shape index (κ2) is 5.32. The van der Waals surface area contributed by atoms with Crippen LogP contribution in [0, 0.1) is 5.92 Å². The lowest BCUT2D eigenvalue weighted by Gasteiger charge is -2.33. The van der Waals surface area contributed by atoms with Gasteiger partial charge in [-0.1, -0.05) is 6.92 Å². The summed E-state index contributed by atoms with van der Waals surface area (Å²) in [7, 11) is 0. The Hall–Kier alpha value is -0.670. The van der Waals surface area contributed by atoms with Crippen molar-refractivity contribution in [3.8, 4) is 0 Å². The fourth-order valence-corrected chi connectivity index (χ4v) is 3.15. The lowest BCUT2D eigenvalue weighted by molar-refractivity contribution is -0.141. The molecule has 0 aliphatic heterocycles. The summed E-state index contributed by atoms with van der Waals surface area (Å²) in [4.78, 5) is 12.1. The van der Waals surface area contributed by atoms with Gasteiger partial charge >= 0.3 is 0 Å². The van der Waals surface area contributed by atoms with E-state index in [1.165, 1.54) is 5.56 Å². The summed E-state index contributed by atoms with van der Waals surface area (Å²) >= 11 is 1.65. The van der Waals surface area contributed by atoms with Crippen molar-refractivity contribution in [2.75, 3.05) is 0 Å². The number of hydrogen-bond acceptors (Lipinski definition) is 3. The molecule has 2 nitrogen and oxygen atoms in total. The number of thiophene rings is 1. The van der Waals surface area contributed by atoms with E-state index in [0.717, 1.165) is 19.3 Å². The van der Waals surface area contributed by atoms with E-state index in [-0.39, 0.29) is 5.78 Å². The summed E-state index contributed by atoms with van der Waals surface area (Å²) in [6, 6.07) is 2.05. The van der Waals surface area contributed by atoms with Gasteiger partial charge in [0.15, 0.2) is 5.78 Å². The molecule has 1 fully saturated rings. The average molecular weight is 252 g/mol. The smallest absolute Gasteiger partial charge is 0.164 e. The van der Waals surface area contributed by atoms with E-state index in [1.807, 2.05) is 11.4 Å². The van der Waals surface area contributed by atoms with Gasteiger partial charge in [-0.25, -0.2) is 0 Å². The fourth-order valence-electron chi connectivity index (χ4n) is 2.44. The maximum Gasteiger partial charge on any atom is 0.164 e. The van der Waals surface area contributed by atoms with Gasteiger partial charge in [0.1, 0.15) is 5.60 Å². The van der Waals surface area contributed by atoms with E-state index >= 15 is 0 Å². The van der Waals surface area contributed by atoms with Gasteiger partial charge in [-0.05, 0) is 60.4 Å². The number of carbonyl (C=O) groups excluding carboxylic acids is 1. The molecule has 1 aliphatic rings. The van der Waals surface area contributed by atoms with Gasteiger partial charge in [0.25, 0.3) is 0 Å². The number of Topliss-reactive ketones (excluding diaryl/α,β-unsaturated/α-hetero) is 1. The number of carbonyl (C=O) groups is 1. The maximum atomic E-state index is 12.1. The molecular formula is C14H20O2S. The van der Waals surface area contributed by atoms with Crippen LogP contribution in [0.25, 0.3) is 0 Å². The first kappa shape index (κ1) is 12.8. The standard InChI is InChI=1S/C14H20O2S/c1-11-4-7-14(16,8-5-11)13(15)3-2-12-6-9-17-10-12/h6,9-11,16H,2-5,7-8H2,1H3. The highest BCUT2D eigenvalue weighted by Gasteiger charge is 2.37. The summed E-state index contributed by atoms with van der Waals surface area (Å²) in [5, 5.41) is 14.4. The Bertz CT molecular complexity index is 362. The van der Waals surface area contributed by atoms with Crippen LogP contribution in [0.15, 0.2) is 16.8 Å². The van der Waals surface area contributed by atoms with Gasteiger partial charge in [0.05, 0.1) is 0 Å². The molecule has 0 aromatic carbocycles. The van der Waals surface area contributed by atoms with Crippen molar-refractivity contribution < 1.29 is 9.90 Å². The van der Waals surface area contributed by atoms with Gasteiger partial charge in [0.2, 0.25) is 0 Å². The first-order chi connectivity index (χ1) is 8.10.